The largest absolute Gasteiger partial charge is 0.361 e. The van der Waals surface area contributed by atoms with Crippen molar-refractivity contribution in [1.29, 1.82) is 0 Å². The van der Waals surface area contributed by atoms with Crippen molar-refractivity contribution in [2.75, 3.05) is 6.54 Å². The van der Waals surface area contributed by atoms with E-state index in [-0.39, 0.29) is 0 Å². The van der Waals surface area contributed by atoms with E-state index < -0.39 is 0 Å². The molecule has 0 spiro atoms. The third kappa shape index (κ3) is 2.79. The highest BCUT2D eigenvalue weighted by molar-refractivity contribution is 5.79. The number of rotatable bonds is 6. The second kappa shape index (κ2) is 5.61. The normalized spacial score (nSPS) is 15.0. The van der Waals surface area contributed by atoms with E-state index in [0.29, 0.717) is 0 Å². The molecule has 4 rings (SSSR count). The first-order chi connectivity index (χ1) is 10.8. The number of hydrogen-bond acceptors (Lipinski definition) is 2. The molecule has 114 valence electrons. The molecule has 0 unspecified atom stereocenters. The van der Waals surface area contributed by atoms with Crippen molar-refractivity contribution in [2.45, 2.75) is 38.9 Å². The Morgan fingerprint density at radius 1 is 1.27 bits per heavy atom. The lowest BCUT2D eigenvalue weighted by Crippen LogP contribution is -2.29. The summed E-state index contributed by atoms with van der Waals surface area (Å²) in [5.41, 5.74) is 3.86. The summed E-state index contributed by atoms with van der Waals surface area (Å²) in [6.45, 7) is 5.19. The second-order valence-electron chi connectivity index (χ2n) is 6.30. The van der Waals surface area contributed by atoms with Crippen LogP contribution in [0.2, 0.25) is 0 Å². The first kappa shape index (κ1) is 13.6. The third-order valence-electron chi connectivity index (χ3n) is 4.59. The molecule has 0 aliphatic heterocycles. The van der Waals surface area contributed by atoms with Gasteiger partial charge in [-0.1, -0.05) is 6.07 Å². The molecular weight excluding hydrogens is 272 g/mol. The predicted octanol–water partition coefficient (Wildman–Crippen LogP) is 3.34. The number of hydrogen-bond donors (Lipinski definition) is 1. The highest BCUT2D eigenvalue weighted by atomic mass is 15.3. The minimum atomic E-state index is 0.762. The summed E-state index contributed by atoms with van der Waals surface area (Å²) >= 11 is 0. The molecule has 4 nitrogen and oxygen atoms in total. The van der Waals surface area contributed by atoms with Crippen molar-refractivity contribution in [3.63, 3.8) is 0 Å². The molecule has 0 radical (unpaired) electrons. The Bertz CT molecular complexity index is 766. The summed E-state index contributed by atoms with van der Waals surface area (Å²) in [5.74, 6) is 0. The van der Waals surface area contributed by atoms with E-state index in [1.54, 1.807) is 0 Å². The van der Waals surface area contributed by atoms with Crippen molar-refractivity contribution in [2.24, 2.45) is 0 Å². The van der Waals surface area contributed by atoms with Crippen LogP contribution in [0.1, 0.15) is 24.1 Å². The van der Waals surface area contributed by atoms with E-state index in [1.165, 1.54) is 35.0 Å². The number of aromatic nitrogens is 3. The number of aromatic amines is 1. The fourth-order valence-corrected chi connectivity index (χ4v) is 3.12. The van der Waals surface area contributed by atoms with Crippen LogP contribution < -0.4 is 0 Å². The van der Waals surface area contributed by atoms with Gasteiger partial charge in [0.25, 0.3) is 0 Å². The molecule has 1 aromatic carbocycles. The zero-order chi connectivity index (χ0) is 14.9. The van der Waals surface area contributed by atoms with Crippen molar-refractivity contribution in [3.8, 4) is 0 Å². The highest BCUT2D eigenvalue weighted by Gasteiger charge is 2.28. The van der Waals surface area contributed by atoms with Crippen LogP contribution in [0.5, 0.6) is 0 Å². The van der Waals surface area contributed by atoms with E-state index in [0.717, 1.165) is 25.7 Å². The van der Waals surface area contributed by atoms with Gasteiger partial charge in [0, 0.05) is 42.7 Å². The van der Waals surface area contributed by atoms with E-state index in [9.17, 15) is 0 Å². The fraction of sp³-hybridized carbons (Fsp3) is 0.389. The van der Waals surface area contributed by atoms with Crippen LogP contribution in [0.25, 0.3) is 10.9 Å². The molecule has 1 aliphatic rings. The maximum atomic E-state index is 4.39. The maximum absolute atomic E-state index is 4.39. The van der Waals surface area contributed by atoms with Gasteiger partial charge in [0.1, 0.15) is 0 Å². The van der Waals surface area contributed by atoms with E-state index >= 15 is 0 Å². The number of aryl methyl sites for hydroxylation is 1. The van der Waals surface area contributed by atoms with Gasteiger partial charge in [-0.2, -0.15) is 5.10 Å². The molecule has 2 aromatic heterocycles. The van der Waals surface area contributed by atoms with Gasteiger partial charge in [-0.05, 0) is 55.0 Å². The highest BCUT2D eigenvalue weighted by Crippen LogP contribution is 2.28. The van der Waals surface area contributed by atoms with Gasteiger partial charge in [-0.3, -0.25) is 9.58 Å². The van der Waals surface area contributed by atoms with E-state index in [1.807, 2.05) is 12.4 Å². The Morgan fingerprint density at radius 3 is 2.95 bits per heavy atom. The van der Waals surface area contributed by atoms with Crippen LogP contribution in [0, 0.1) is 6.92 Å². The number of nitrogens with one attached hydrogen (secondary N) is 1. The van der Waals surface area contributed by atoms with E-state index in [2.05, 4.69) is 56.9 Å². The van der Waals surface area contributed by atoms with Crippen LogP contribution in [0.3, 0.4) is 0 Å². The standard InChI is InChI=1S/C18H22N4/c1-14-6-9-20-22(14)11-10-21(17-3-4-17)13-15-2-5-18-16(12-15)7-8-19-18/h2,5-9,12,17,19H,3-4,10-11,13H2,1H3. The summed E-state index contributed by atoms with van der Waals surface area (Å²) in [5, 5.41) is 5.70. The first-order valence-corrected chi connectivity index (χ1v) is 8.08. The van der Waals surface area contributed by atoms with E-state index in [4.69, 9.17) is 0 Å². The molecular formula is C18H22N4. The number of fused-ring (bicyclic) bond motifs is 1. The lowest BCUT2D eigenvalue weighted by Gasteiger charge is -2.22. The maximum Gasteiger partial charge on any atom is 0.0539 e. The molecule has 0 atom stereocenters. The smallest absolute Gasteiger partial charge is 0.0539 e. The van der Waals surface area contributed by atoms with Gasteiger partial charge >= 0.3 is 0 Å². The summed E-state index contributed by atoms with van der Waals surface area (Å²) in [4.78, 5) is 5.87. The molecule has 1 N–H and O–H groups in total. The van der Waals surface area contributed by atoms with Crippen LogP contribution in [-0.4, -0.2) is 32.3 Å². The van der Waals surface area contributed by atoms with Crippen molar-refractivity contribution >= 4 is 10.9 Å². The number of benzene rings is 1. The van der Waals surface area contributed by atoms with Crippen molar-refractivity contribution in [1.82, 2.24) is 19.7 Å². The average Bonchev–Trinajstić information content (AvgIpc) is 3.12. The van der Waals surface area contributed by atoms with Gasteiger partial charge in [0.15, 0.2) is 0 Å². The Morgan fingerprint density at radius 2 is 2.18 bits per heavy atom. The molecule has 1 aliphatic carbocycles. The lowest BCUT2D eigenvalue weighted by atomic mass is 10.1. The molecule has 1 saturated carbocycles. The first-order valence-electron chi connectivity index (χ1n) is 8.08. The lowest BCUT2D eigenvalue weighted by molar-refractivity contribution is 0.239. The number of H-pyrrole nitrogens is 1. The fourth-order valence-electron chi connectivity index (χ4n) is 3.12. The molecule has 2 heterocycles. The summed E-state index contributed by atoms with van der Waals surface area (Å²) < 4.78 is 2.10. The molecule has 22 heavy (non-hydrogen) atoms. The third-order valence-corrected chi connectivity index (χ3v) is 4.59. The molecule has 0 saturated heterocycles. The Hall–Kier alpha value is -2.07. The van der Waals surface area contributed by atoms with Crippen molar-refractivity contribution in [3.05, 3.63) is 54.0 Å². The zero-order valence-electron chi connectivity index (χ0n) is 13.0. The van der Waals surface area contributed by atoms with Crippen LogP contribution in [-0.2, 0) is 13.1 Å². The van der Waals surface area contributed by atoms with Crippen LogP contribution in [0.4, 0.5) is 0 Å². The molecule has 0 bridgehead atoms. The monoisotopic (exact) mass is 294 g/mol. The SMILES string of the molecule is Cc1ccnn1CCN(Cc1ccc2[nH]ccc2c1)C1CC1. The molecule has 0 amide bonds. The quantitative estimate of drug-likeness (QED) is 0.757. The van der Waals surface area contributed by atoms with Gasteiger partial charge in [-0.25, -0.2) is 0 Å². The van der Waals surface area contributed by atoms with Gasteiger partial charge < -0.3 is 4.98 Å². The summed E-state index contributed by atoms with van der Waals surface area (Å²) in [6, 6.07) is 11.7. The Kier molecular flexibility index (Phi) is 3.47. The minimum absolute atomic E-state index is 0.762. The molecule has 3 aromatic rings. The zero-order valence-corrected chi connectivity index (χ0v) is 13.0. The average molecular weight is 294 g/mol. The molecule has 1 fully saturated rings. The van der Waals surface area contributed by atoms with Crippen molar-refractivity contribution < 1.29 is 0 Å². The topological polar surface area (TPSA) is 36.9 Å². The van der Waals surface area contributed by atoms with Gasteiger partial charge in [-0.15, -0.1) is 0 Å². The van der Waals surface area contributed by atoms with Gasteiger partial charge in [0.2, 0.25) is 0 Å². The van der Waals surface area contributed by atoms with Gasteiger partial charge in [0.05, 0.1) is 6.54 Å². The summed E-state index contributed by atoms with van der Waals surface area (Å²) in [7, 11) is 0. The predicted molar refractivity (Wildman–Crippen MR) is 88.7 cm³/mol. The second-order valence-corrected chi connectivity index (χ2v) is 6.30. The Labute approximate surface area is 130 Å². The number of nitrogens with zero attached hydrogens (tertiary/aromatic N) is 3. The van der Waals surface area contributed by atoms with Crippen LogP contribution in [0.15, 0.2) is 42.7 Å². The Balaban J connectivity index is 1.46. The van der Waals surface area contributed by atoms with Crippen LogP contribution >= 0.6 is 0 Å². The molecule has 4 heteroatoms. The summed E-state index contributed by atoms with van der Waals surface area (Å²) in [6.07, 6.45) is 6.57. The minimum Gasteiger partial charge on any atom is -0.361 e.